The molecule has 0 aromatic heterocycles. The zero-order chi connectivity index (χ0) is 14.8. The molecule has 6 heteroatoms. The Morgan fingerprint density at radius 1 is 1.50 bits per heavy atom. The number of aliphatic hydroxyl groups excluding tert-OH is 1. The van der Waals surface area contributed by atoms with Gasteiger partial charge in [-0.05, 0) is 31.4 Å². The number of halogens is 2. The second-order valence-electron chi connectivity index (χ2n) is 4.94. The molecule has 0 spiro atoms. The minimum Gasteiger partial charge on any atom is -0.387 e. The molecule has 1 aromatic carbocycles. The summed E-state index contributed by atoms with van der Waals surface area (Å²) in [5.74, 6) is -0.324. The molecule has 0 aliphatic heterocycles. The first-order valence-corrected chi connectivity index (χ1v) is 7.07. The van der Waals surface area contributed by atoms with Gasteiger partial charge in [-0.15, -0.1) is 0 Å². The molecular formula is C14H14Cl2N2O2. The van der Waals surface area contributed by atoms with Crippen LogP contribution in [0.3, 0.4) is 0 Å². The third-order valence-electron chi connectivity index (χ3n) is 3.63. The summed E-state index contributed by atoms with van der Waals surface area (Å²) in [4.78, 5) is 12.0. The molecule has 20 heavy (non-hydrogen) atoms. The van der Waals surface area contributed by atoms with Crippen LogP contribution in [0.2, 0.25) is 10.0 Å². The number of hydrogen-bond donors (Lipinski definition) is 2. The molecular weight excluding hydrogens is 299 g/mol. The highest BCUT2D eigenvalue weighted by Crippen LogP contribution is 2.40. The van der Waals surface area contributed by atoms with Crippen molar-refractivity contribution in [2.45, 2.75) is 25.4 Å². The fraction of sp³-hybridized carbons (Fsp3) is 0.429. The van der Waals surface area contributed by atoms with E-state index in [0.29, 0.717) is 28.5 Å². The van der Waals surface area contributed by atoms with Crippen molar-refractivity contribution in [2.75, 3.05) is 6.54 Å². The molecule has 0 bridgehead atoms. The summed E-state index contributed by atoms with van der Waals surface area (Å²) in [7, 11) is 0. The number of benzene rings is 1. The van der Waals surface area contributed by atoms with Crippen LogP contribution in [0.1, 0.15) is 30.9 Å². The van der Waals surface area contributed by atoms with Gasteiger partial charge in [0, 0.05) is 22.2 Å². The van der Waals surface area contributed by atoms with Gasteiger partial charge >= 0.3 is 0 Å². The highest BCUT2D eigenvalue weighted by molar-refractivity contribution is 6.35. The lowest BCUT2D eigenvalue weighted by atomic mass is 9.69. The van der Waals surface area contributed by atoms with Gasteiger partial charge in [0.1, 0.15) is 5.41 Å². The topological polar surface area (TPSA) is 73.1 Å². The van der Waals surface area contributed by atoms with Crippen molar-refractivity contribution >= 4 is 29.1 Å². The Hall–Kier alpha value is -1.28. The molecule has 1 atom stereocenters. The zero-order valence-corrected chi connectivity index (χ0v) is 12.2. The van der Waals surface area contributed by atoms with Crippen molar-refractivity contribution in [3.8, 4) is 6.07 Å². The van der Waals surface area contributed by atoms with Gasteiger partial charge in [0.15, 0.2) is 0 Å². The lowest BCUT2D eigenvalue weighted by molar-refractivity contribution is -0.132. The maximum Gasteiger partial charge on any atom is 0.240 e. The van der Waals surface area contributed by atoms with E-state index in [1.807, 2.05) is 0 Å². The largest absolute Gasteiger partial charge is 0.387 e. The van der Waals surface area contributed by atoms with Gasteiger partial charge in [0.2, 0.25) is 5.91 Å². The molecule has 1 aliphatic carbocycles. The summed E-state index contributed by atoms with van der Waals surface area (Å²) in [6, 6.07) is 6.83. The molecule has 2 N–H and O–H groups in total. The predicted octanol–water partition coefficient (Wildman–Crippen LogP) is 2.84. The quantitative estimate of drug-likeness (QED) is 0.897. The molecule has 1 aromatic rings. The minimum atomic E-state index is -0.931. The van der Waals surface area contributed by atoms with E-state index in [1.54, 1.807) is 12.1 Å². The van der Waals surface area contributed by atoms with Crippen LogP contribution in [0.15, 0.2) is 18.2 Å². The molecule has 1 aliphatic rings. The molecule has 1 unspecified atom stereocenters. The normalized spacial score (nSPS) is 17.7. The Morgan fingerprint density at radius 3 is 2.70 bits per heavy atom. The number of amides is 1. The van der Waals surface area contributed by atoms with E-state index in [1.165, 1.54) is 6.07 Å². The monoisotopic (exact) mass is 312 g/mol. The maximum absolute atomic E-state index is 12.0. The van der Waals surface area contributed by atoms with E-state index in [2.05, 4.69) is 11.4 Å². The lowest BCUT2D eigenvalue weighted by Gasteiger charge is -2.33. The van der Waals surface area contributed by atoms with Crippen LogP contribution >= 0.6 is 23.2 Å². The van der Waals surface area contributed by atoms with Crippen molar-refractivity contribution in [1.29, 1.82) is 5.26 Å². The summed E-state index contributed by atoms with van der Waals surface area (Å²) in [5.41, 5.74) is -0.417. The van der Waals surface area contributed by atoms with Crippen LogP contribution in [0, 0.1) is 16.7 Å². The fourth-order valence-electron chi connectivity index (χ4n) is 2.16. The molecule has 1 amide bonds. The third-order valence-corrected chi connectivity index (χ3v) is 4.20. The van der Waals surface area contributed by atoms with Gasteiger partial charge in [0.25, 0.3) is 0 Å². The first-order chi connectivity index (χ1) is 9.48. The zero-order valence-electron chi connectivity index (χ0n) is 10.7. The van der Waals surface area contributed by atoms with Crippen LogP contribution in [0.4, 0.5) is 0 Å². The Bertz CT molecular complexity index is 565. The minimum absolute atomic E-state index is 0.0175. The van der Waals surface area contributed by atoms with Crippen molar-refractivity contribution in [1.82, 2.24) is 5.32 Å². The number of nitrogens with zero attached hydrogens (tertiary/aromatic N) is 1. The van der Waals surface area contributed by atoms with Gasteiger partial charge in [-0.25, -0.2) is 0 Å². The maximum atomic E-state index is 12.0. The van der Waals surface area contributed by atoms with Gasteiger partial charge in [0.05, 0.1) is 12.2 Å². The van der Waals surface area contributed by atoms with E-state index in [-0.39, 0.29) is 12.5 Å². The van der Waals surface area contributed by atoms with E-state index >= 15 is 0 Å². The summed E-state index contributed by atoms with van der Waals surface area (Å²) >= 11 is 11.8. The SMILES string of the molecule is N#CC1(C(=O)NCC(O)c2ccc(Cl)cc2Cl)CCC1. The molecule has 2 rings (SSSR count). The molecule has 4 nitrogen and oxygen atoms in total. The lowest BCUT2D eigenvalue weighted by Crippen LogP contribution is -2.45. The van der Waals surface area contributed by atoms with E-state index in [9.17, 15) is 9.90 Å². The van der Waals surface area contributed by atoms with Crippen molar-refractivity contribution in [3.63, 3.8) is 0 Å². The molecule has 0 saturated heterocycles. The van der Waals surface area contributed by atoms with Crippen LogP contribution in [0.5, 0.6) is 0 Å². The molecule has 106 valence electrons. The summed E-state index contributed by atoms with van der Waals surface area (Å²) in [6.45, 7) is 0.0175. The number of hydrogen-bond acceptors (Lipinski definition) is 3. The standard InChI is InChI=1S/C14H14Cl2N2O2/c15-9-2-3-10(11(16)6-9)12(19)7-18-13(20)14(8-17)4-1-5-14/h2-3,6,12,19H,1,4-5,7H2,(H,18,20). The van der Waals surface area contributed by atoms with Gasteiger partial charge in [-0.2, -0.15) is 5.26 Å². The Labute approximate surface area is 127 Å². The third kappa shape index (κ3) is 2.90. The number of carbonyl (C=O) groups is 1. The highest BCUT2D eigenvalue weighted by atomic mass is 35.5. The fourth-order valence-corrected chi connectivity index (χ4v) is 2.69. The van der Waals surface area contributed by atoms with Crippen LogP contribution in [-0.2, 0) is 4.79 Å². The highest BCUT2D eigenvalue weighted by Gasteiger charge is 2.44. The Morgan fingerprint density at radius 2 is 2.20 bits per heavy atom. The van der Waals surface area contributed by atoms with Crippen molar-refractivity contribution in [3.05, 3.63) is 33.8 Å². The average Bonchev–Trinajstić information content (AvgIpc) is 2.35. The van der Waals surface area contributed by atoms with Crippen molar-refractivity contribution < 1.29 is 9.90 Å². The van der Waals surface area contributed by atoms with Gasteiger partial charge in [-0.3, -0.25) is 4.79 Å². The summed E-state index contributed by atoms with van der Waals surface area (Å²) < 4.78 is 0. The molecule has 1 saturated carbocycles. The van der Waals surface area contributed by atoms with Gasteiger partial charge < -0.3 is 10.4 Å². The van der Waals surface area contributed by atoms with E-state index in [0.717, 1.165) is 6.42 Å². The first kappa shape index (κ1) is 15.1. The predicted molar refractivity (Wildman–Crippen MR) is 76.3 cm³/mol. The number of carbonyl (C=O) groups excluding carboxylic acids is 1. The first-order valence-electron chi connectivity index (χ1n) is 6.31. The number of aliphatic hydroxyl groups is 1. The molecule has 0 heterocycles. The smallest absolute Gasteiger partial charge is 0.240 e. The number of rotatable bonds is 4. The average molecular weight is 313 g/mol. The van der Waals surface area contributed by atoms with E-state index in [4.69, 9.17) is 28.5 Å². The second kappa shape index (κ2) is 6.01. The summed E-state index contributed by atoms with van der Waals surface area (Å²) in [6.07, 6.45) is 1.10. The van der Waals surface area contributed by atoms with Gasteiger partial charge in [-0.1, -0.05) is 29.3 Å². The van der Waals surface area contributed by atoms with Crippen molar-refractivity contribution in [2.24, 2.45) is 5.41 Å². The Kier molecular flexibility index (Phi) is 4.54. The summed E-state index contributed by atoms with van der Waals surface area (Å²) in [5, 5.41) is 22.5. The second-order valence-corrected chi connectivity index (χ2v) is 5.78. The van der Waals surface area contributed by atoms with E-state index < -0.39 is 11.5 Å². The number of nitrogens with one attached hydrogen (secondary N) is 1. The van der Waals surface area contributed by atoms with Crippen LogP contribution < -0.4 is 5.32 Å². The number of nitriles is 1. The van der Waals surface area contributed by atoms with Crippen LogP contribution in [0.25, 0.3) is 0 Å². The molecule has 1 fully saturated rings. The molecule has 0 radical (unpaired) electrons. The van der Waals surface area contributed by atoms with Crippen LogP contribution in [-0.4, -0.2) is 17.6 Å². The Balaban J connectivity index is 1.97.